The van der Waals surface area contributed by atoms with Crippen molar-refractivity contribution in [2.24, 2.45) is 7.05 Å². The summed E-state index contributed by atoms with van der Waals surface area (Å²) in [5.41, 5.74) is 1.04. The molecule has 2 aromatic rings. The second-order valence-corrected chi connectivity index (χ2v) is 5.62. The number of hydrogen-bond donors (Lipinski definition) is 0. The van der Waals surface area contributed by atoms with Crippen LogP contribution >= 0.6 is 15.9 Å². The highest BCUT2D eigenvalue weighted by molar-refractivity contribution is 9.10. The summed E-state index contributed by atoms with van der Waals surface area (Å²) in [6, 6.07) is 8.14. The second kappa shape index (κ2) is 6.09. The molecule has 0 radical (unpaired) electrons. The van der Waals surface area contributed by atoms with Crippen molar-refractivity contribution in [2.45, 2.75) is 6.54 Å². The molecule has 0 fully saturated rings. The molecular weight excluding hydrogens is 338 g/mol. The number of amides is 1. The van der Waals surface area contributed by atoms with Crippen LogP contribution in [0.25, 0.3) is 0 Å². The molecule has 1 aromatic heterocycles. The van der Waals surface area contributed by atoms with Gasteiger partial charge in [0.1, 0.15) is 5.69 Å². The lowest BCUT2D eigenvalue weighted by Crippen LogP contribution is -2.28. The third-order valence-electron chi connectivity index (χ3n) is 3.13. The summed E-state index contributed by atoms with van der Waals surface area (Å²) < 4.78 is 2.52. The predicted octanol–water partition coefficient (Wildman–Crippen LogP) is 2.97. The number of rotatable bonds is 4. The first-order chi connectivity index (χ1) is 9.90. The molecule has 0 atom stereocenters. The standard InChI is InChI=1S/C14H14BrN3O3/c1-16-9-11(15)7-13(16)14(19)17(2)8-10-5-3-4-6-12(10)18(20)21/h3-7,9H,8H2,1-2H3. The van der Waals surface area contributed by atoms with Gasteiger partial charge < -0.3 is 9.47 Å². The van der Waals surface area contributed by atoms with Crippen molar-refractivity contribution in [2.75, 3.05) is 7.05 Å². The number of aryl methyl sites for hydroxylation is 1. The van der Waals surface area contributed by atoms with Crippen LogP contribution in [0.5, 0.6) is 0 Å². The molecule has 0 bridgehead atoms. The van der Waals surface area contributed by atoms with Gasteiger partial charge in [0.05, 0.1) is 11.5 Å². The molecule has 1 heterocycles. The highest BCUT2D eigenvalue weighted by atomic mass is 79.9. The van der Waals surface area contributed by atoms with Crippen LogP contribution in [0, 0.1) is 10.1 Å². The molecule has 0 unspecified atom stereocenters. The number of nitro groups is 1. The fourth-order valence-corrected chi connectivity index (χ4v) is 2.61. The Labute approximate surface area is 130 Å². The number of carbonyl (C=O) groups is 1. The lowest BCUT2D eigenvalue weighted by atomic mass is 10.1. The van der Waals surface area contributed by atoms with Gasteiger partial charge in [-0.2, -0.15) is 0 Å². The van der Waals surface area contributed by atoms with E-state index in [0.29, 0.717) is 11.3 Å². The van der Waals surface area contributed by atoms with Crippen molar-refractivity contribution in [1.29, 1.82) is 0 Å². The Morgan fingerprint density at radius 1 is 1.43 bits per heavy atom. The average molecular weight is 352 g/mol. The van der Waals surface area contributed by atoms with Crippen molar-refractivity contribution < 1.29 is 9.72 Å². The van der Waals surface area contributed by atoms with Gasteiger partial charge in [0.15, 0.2) is 0 Å². The van der Waals surface area contributed by atoms with Gasteiger partial charge in [0, 0.05) is 36.4 Å². The molecule has 6 nitrogen and oxygen atoms in total. The fraction of sp³-hybridized carbons (Fsp3) is 0.214. The van der Waals surface area contributed by atoms with Crippen LogP contribution in [0.4, 0.5) is 5.69 Å². The van der Waals surface area contributed by atoms with E-state index < -0.39 is 4.92 Å². The van der Waals surface area contributed by atoms with Crippen LogP contribution in [0.1, 0.15) is 16.1 Å². The van der Waals surface area contributed by atoms with Gasteiger partial charge in [-0.25, -0.2) is 0 Å². The van der Waals surface area contributed by atoms with Crippen LogP contribution in [-0.4, -0.2) is 27.3 Å². The average Bonchev–Trinajstić information content (AvgIpc) is 2.77. The van der Waals surface area contributed by atoms with Crippen LogP contribution in [0.2, 0.25) is 0 Å². The normalized spacial score (nSPS) is 10.4. The topological polar surface area (TPSA) is 68.4 Å². The van der Waals surface area contributed by atoms with E-state index in [-0.39, 0.29) is 18.1 Å². The number of nitrogens with zero attached hydrogens (tertiary/aromatic N) is 3. The van der Waals surface area contributed by atoms with Gasteiger partial charge >= 0.3 is 0 Å². The summed E-state index contributed by atoms with van der Waals surface area (Å²) in [6.07, 6.45) is 1.78. The Bertz CT molecular complexity index is 697. The first-order valence-corrected chi connectivity index (χ1v) is 6.99. The SMILES string of the molecule is CN(Cc1ccccc1[N+](=O)[O-])C(=O)c1cc(Br)cn1C. The Balaban J connectivity index is 2.22. The van der Waals surface area contributed by atoms with Crippen LogP contribution in [0.3, 0.4) is 0 Å². The second-order valence-electron chi connectivity index (χ2n) is 4.70. The van der Waals surface area contributed by atoms with Crippen molar-refractivity contribution in [1.82, 2.24) is 9.47 Å². The van der Waals surface area contributed by atoms with E-state index in [9.17, 15) is 14.9 Å². The number of benzene rings is 1. The Kier molecular flexibility index (Phi) is 4.42. The molecule has 7 heteroatoms. The minimum atomic E-state index is -0.438. The molecule has 21 heavy (non-hydrogen) atoms. The largest absolute Gasteiger partial charge is 0.345 e. The van der Waals surface area contributed by atoms with Crippen LogP contribution in [0.15, 0.2) is 41.0 Å². The molecule has 110 valence electrons. The molecule has 1 aromatic carbocycles. The lowest BCUT2D eigenvalue weighted by molar-refractivity contribution is -0.385. The van der Waals surface area contributed by atoms with E-state index in [1.54, 1.807) is 49.1 Å². The van der Waals surface area contributed by atoms with Crippen LogP contribution < -0.4 is 0 Å². The highest BCUT2D eigenvalue weighted by Crippen LogP contribution is 2.21. The lowest BCUT2D eigenvalue weighted by Gasteiger charge is -2.17. The first kappa shape index (κ1) is 15.2. The van der Waals surface area contributed by atoms with Gasteiger partial charge in [-0.3, -0.25) is 14.9 Å². The van der Waals surface area contributed by atoms with Gasteiger partial charge in [-0.15, -0.1) is 0 Å². The third-order valence-corrected chi connectivity index (χ3v) is 3.57. The molecule has 1 amide bonds. The maximum absolute atomic E-state index is 12.4. The monoisotopic (exact) mass is 351 g/mol. The zero-order valence-corrected chi connectivity index (χ0v) is 13.2. The van der Waals surface area contributed by atoms with Crippen molar-refractivity contribution >= 4 is 27.5 Å². The fourth-order valence-electron chi connectivity index (χ4n) is 2.08. The number of halogens is 1. The molecule has 0 N–H and O–H groups in total. The molecule has 0 saturated heterocycles. The van der Waals surface area contributed by atoms with Gasteiger partial charge in [0.2, 0.25) is 0 Å². The van der Waals surface area contributed by atoms with Gasteiger partial charge in [-0.05, 0) is 22.0 Å². The summed E-state index contributed by atoms with van der Waals surface area (Å²) in [5, 5.41) is 11.0. The van der Waals surface area contributed by atoms with E-state index in [0.717, 1.165) is 4.47 Å². The molecule has 2 rings (SSSR count). The zero-order valence-electron chi connectivity index (χ0n) is 11.6. The highest BCUT2D eigenvalue weighted by Gasteiger charge is 2.19. The number of hydrogen-bond acceptors (Lipinski definition) is 3. The third kappa shape index (κ3) is 3.30. The zero-order chi connectivity index (χ0) is 15.6. The molecular formula is C14H14BrN3O3. The summed E-state index contributed by atoms with van der Waals surface area (Å²) in [4.78, 5) is 24.4. The Hall–Kier alpha value is -2.15. The summed E-state index contributed by atoms with van der Waals surface area (Å²) in [7, 11) is 3.40. The molecule has 0 aliphatic heterocycles. The number of aromatic nitrogens is 1. The maximum Gasteiger partial charge on any atom is 0.274 e. The smallest absolute Gasteiger partial charge is 0.274 e. The summed E-state index contributed by atoms with van der Waals surface area (Å²) in [6.45, 7) is 0.179. The minimum absolute atomic E-state index is 0.0187. The van der Waals surface area contributed by atoms with E-state index in [2.05, 4.69) is 15.9 Å². The maximum atomic E-state index is 12.4. The van der Waals surface area contributed by atoms with E-state index >= 15 is 0 Å². The number of para-hydroxylation sites is 1. The minimum Gasteiger partial charge on any atom is -0.345 e. The van der Waals surface area contributed by atoms with E-state index in [1.807, 2.05) is 0 Å². The van der Waals surface area contributed by atoms with Crippen molar-refractivity contribution in [3.63, 3.8) is 0 Å². The number of nitro benzene ring substituents is 1. The van der Waals surface area contributed by atoms with E-state index in [1.165, 1.54) is 11.0 Å². The molecule has 0 aliphatic carbocycles. The van der Waals surface area contributed by atoms with Gasteiger partial charge in [-0.1, -0.05) is 18.2 Å². The molecule has 0 saturated carbocycles. The van der Waals surface area contributed by atoms with E-state index in [4.69, 9.17) is 0 Å². The quantitative estimate of drug-likeness (QED) is 0.628. The van der Waals surface area contributed by atoms with Crippen molar-refractivity contribution in [3.05, 3.63) is 62.4 Å². The Morgan fingerprint density at radius 2 is 2.10 bits per heavy atom. The molecule has 0 spiro atoms. The van der Waals surface area contributed by atoms with Gasteiger partial charge in [0.25, 0.3) is 11.6 Å². The first-order valence-electron chi connectivity index (χ1n) is 6.19. The summed E-state index contributed by atoms with van der Waals surface area (Å²) >= 11 is 3.32. The number of carbonyl (C=O) groups excluding carboxylic acids is 1. The summed E-state index contributed by atoms with van der Waals surface area (Å²) in [5.74, 6) is -0.193. The van der Waals surface area contributed by atoms with Crippen molar-refractivity contribution in [3.8, 4) is 0 Å². The van der Waals surface area contributed by atoms with Crippen LogP contribution in [-0.2, 0) is 13.6 Å². The Morgan fingerprint density at radius 3 is 2.67 bits per heavy atom. The predicted molar refractivity (Wildman–Crippen MR) is 82.0 cm³/mol. The molecule has 0 aliphatic rings.